The van der Waals surface area contributed by atoms with Crippen molar-refractivity contribution >= 4 is 17.4 Å². The van der Waals surface area contributed by atoms with Crippen LogP contribution in [0.25, 0.3) is 0 Å². The summed E-state index contributed by atoms with van der Waals surface area (Å²) in [7, 11) is 0. The molecule has 0 radical (unpaired) electrons. The molecule has 0 aromatic heterocycles. The Balaban J connectivity index is 1.98. The number of rotatable bonds is 5. The zero-order chi connectivity index (χ0) is 15.3. The SMILES string of the molecule is CCc1ccccc1CNc1ccc(SC(F)(F)F)cc1. The lowest BCUT2D eigenvalue weighted by atomic mass is 10.1. The number of aryl methyl sites for hydroxylation is 1. The fraction of sp³-hybridized carbons (Fsp3) is 0.250. The molecule has 0 bridgehead atoms. The minimum absolute atomic E-state index is 0.0978. The van der Waals surface area contributed by atoms with Gasteiger partial charge in [0.2, 0.25) is 0 Å². The van der Waals surface area contributed by atoms with Gasteiger partial charge in [0.1, 0.15) is 0 Å². The Morgan fingerprint density at radius 2 is 1.57 bits per heavy atom. The van der Waals surface area contributed by atoms with Gasteiger partial charge in [-0.15, -0.1) is 0 Å². The number of hydrogen-bond acceptors (Lipinski definition) is 2. The Kier molecular flexibility index (Phi) is 5.17. The van der Waals surface area contributed by atoms with Crippen LogP contribution in [0.15, 0.2) is 53.4 Å². The summed E-state index contributed by atoms with van der Waals surface area (Å²) in [5.74, 6) is 0. The van der Waals surface area contributed by atoms with Gasteiger partial charge in [0.15, 0.2) is 0 Å². The van der Waals surface area contributed by atoms with Crippen molar-refractivity contribution in [3.63, 3.8) is 0 Å². The van der Waals surface area contributed by atoms with Crippen molar-refractivity contribution in [2.75, 3.05) is 5.32 Å². The average Bonchev–Trinajstić information content (AvgIpc) is 2.45. The molecule has 0 aliphatic rings. The minimum Gasteiger partial charge on any atom is -0.381 e. The van der Waals surface area contributed by atoms with Gasteiger partial charge < -0.3 is 5.32 Å². The molecule has 112 valence electrons. The topological polar surface area (TPSA) is 12.0 Å². The third-order valence-electron chi connectivity index (χ3n) is 3.07. The molecule has 0 saturated carbocycles. The molecule has 2 aromatic carbocycles. The summed E-state index contributed by atoms with van der Waals surface area (Å²) in [6.45, 7) is 2.76. The molecule has 1 N–H and O–H groups in total. The summed E-state index contributed by atoms with van der Waals surface area (Å²) in [5.41, 5.74) is -0.954. The summed E-state index contributed by atoms with van der Waals surface area (Å²) in [6.07, 6.45) is 0.957. The van der Waals surface area contributed by atoms with E-state index in [0.29, 0.717) is 6.54 Å². The third kappa shape index (κ3) is 5.01. The van der Waals surface area contributed by atoms with Gasteiger partial charge in [-0.1, -0.05) is 31.2 Å². The Labute approximate surface area is 126 Å². The average molecular weight is 311 g/mol. The Bertz CT molecular complexity index is 579. The first kappa shape index (κ1) is 15.8. The highest BCUT2D eigenvalue weighted by molar-refractivity contribution is 8.00. The molecule has 0 fully saturated rings. The molecular formula is C16H16F3NS. The number of halogens is 3. The fourth-order valence-electron chi connectivity index (χ4n) is 2.05. The zero-order valence-electron chi connectivity index (χ0n) is 11.6. The minimum atomic E-state index is -4.24. The van der Waals surface area contributed by atoms with E-state index in [9.17, 15) is 13.2 Å². The van der Waals surface area contributed by atoms with E-state index in [1.807, 2.05) is 12.1 Å². The van der Waals surface area contributed by atoms with Gasteiger partial charge in [-0.05, 0) is 53.6 Å². The van der Waals surface area contributed by atoms with Crippen LogP contribution >= 0.6 is 11.8 Å². The van der Waals surface area contributed by atoms with Crippen molar-refractivity contribution < 1.29 is 13.2 Å². The van der Waals surface area contributed by atoms with E-state index in [0.717, 1.165) is 12.1 Å². The quantitative estimate of drug-likeness (QED) is 0.735. The van der Waals surface area contributed by atoms with E-state index in [2.05, 4.69) is 24.4 Å². The molecular weight excluding hydrogens is 295 g/mol. The predicted octanol–water partition coefficient (Wildman–Crippen LogP) is 5.47. The number of thioether (sulfide) groups is 1. The maximum absolute atomic E-state index is 12.2. The maximum atomic E-state index is 12.2. The van der Waals surface area contributed by atoms with Crippen molar-refractivity contribution in [1.82, 2.24) is 0 Å². The van der Waals surface area contributed by atoms with Gasteiger partial charge in [0, 0.05) is 17.1 Å². The van der Waals surface area contributed by atoms with Crippen LogP contribution in [0.1, 0.15) is 18.1 Å². The monoisotopic (exact) mass is 311 g/mol. The number of nitrogens with one attached hydrogen (secondary N) is 1. The summed E-state index contributed by atoms with van der Waals surface area (Å²) in [5, 5.41) is 3.24. The van der Waals surface area contributed by atoms with E-state index >= 15 is 0 Å². The van der Waals surface area contributed by atoms with Crippen LogP contribution in [-0.4, -0.2) is 5.51 Å². The fourth-order valence-corrected chi connectivity index (χ4v) is 2.59. The van der Waals surface area contributed by atoms with E-state index < -0.39 is 5.51 Å². The second kappa shape index (κ2) is 6.89. The lowest BCUT2D eigenvalue weighted by Gasteiger charge is -2.11. The van der Waals surface area contributed by atoms with Gasteiger partial charge in [0.05, 0.1) is 0 Å². The molecule has 0 spiro atoms. The van der Waals surface area contributed by atoms with Gasteiger partial charge >= 0.3 is 5.51 Å². The third-order valence-corrected chi connectivity index (χ3v) is 3.81. The van der Waals surface area contributed by atoms with E-state index in [4.69, 9.17) is 0 Å². The predicted molar refractivity (Wildman–Crippen MR) is 81.5 cm³/mol. The summed E-state index contributed by atoms with van der Waals surface area (Å²) >= 11 is -0.0978. The van der Waals surface area contributed by atoms with Crippen LogP contribution in [0.2, 0.25) is 0 Å². The van der Waals surface area contributed by atoms with Gasteiger partial charge in [-0.3, -0.25) is 0 Å². The first-order chi connectivity index (χ1) is 9.98. The lowest BCUT2D eigenvalue weighted by Crippen LogP contribution is -2.02. The molecule has 0 atom stereocenters. The highest BCUT2D eigenvalue weighted by Gasteiger charge is 2.28. The van der Waals surface area contributed by atoms with Crippen LogP contribution in [0, 0.1) is 0 Å². The maximum Gasteiger partial charge on any atom is 0.446 e. The van der Waals surface area contributed by atoms with Crippen molar-refractivity contribution in [2.45, 2.75) is 30.3 Å². The van der Waals surface area contributed by atoms with E-state index in [1.54, 1.807) is 12.1 Å². The number of alkyl halides is 3. The lowest BCUT2D eigenvalue weighted by molar-refractivity contribution is -0.0328. The van der Waals surface area contributed by atoms with Gasteiger partial charge in [0.25, 0.3) is 0 Å². The molecule has 1 nitrogen and oxygen atoms in total. The molecule has 2 aromatic rings. The van der Waals surface area contributed by atoms with Crippen molar-refractivity contribution in [3.8, 4) is 0 Å². The first-order valence-corrected chi connectivity index (χ1v) is 7.46. The van der Waals surface area contributed by atoms with Crippen molar-refractivity contribution in [2.24, 2.45) is 0 Å². The normalized spacial score (nSPS) is 11.4. The van der Waals surface area contributed by atoms with Crippen molar-refractivity contribution in [1.29, 1.82) is 0 Å². The van der Waals surface area contributed by atoms with Crippen molar-refractivity contribution in [3.05, 3.63) is 59.7 Å². The molecule has 0 amide bonds. The van der Waals surface area contributed by atoms with Crippen LogP contribution in [0.4, 0.5) is 18.9 Å². The van der Waals surface area contributed by atoms with Crippen LogP contribution in [-0.2, 0) is 13.0 Å². The largest absolute Gasteiger partial charge is 0.446 e. The molecule has 21 heavy (non-hydrogen) atoms. The molecule has 2 rings (SSSR count). The second-order valence-electron chi connectivity index (χ2n) is 4.55. The van der Waals surface area contributed by atoms with Gasteiger partial charge in [-0.25, -0.2) is 0 Å². The number of hydrogen-bond donors (Lipinski definition) is 1. The molecule has 0 unspecified atom stereocenters. The Morgan fingerprint density at radius 1 is 0.952 bits per heavy atom. The second-order valence-corrected chi connectivity index (χ2v) is 5.69. The molecule has 0 heterocycles. The smallest absolute Gasteiger partial charge is 0.381 e. The molecule has 5 heteroatoms. The van der Waals surface area contributed by atoms with Gasteiger partial charge in [-0.2, -0.15) is 13.2 Å². The summed E-state index contributed by atoms with van der Waals surface area (Å²) in [6, 6.07) is 14.4. The Morgan fingerprint density at radius 3 is 2.14 bits per heavy atom. The number of benzene rings is 2. The van der Waals surface area contributed by atoms with E-state index in [-0.39, 0.29) is 16.7 Å². The highest BCUT2D eigenvalue weighted by Crippen LogP contribution is 2.37. The summed E-state index contributed by atoms with van der Waals surface area (Å²) < 4.78 is 36.7. The first-order valence-electron chi connectivity index (χ1n) is 6.64. The Hall–Kier alpha value is -1.62. The number of anilines is 1. The van der Waals surface area contributed by atoms with Crippen LogP contribution < -0.4 is 5.32 Å². The zero-order valence-corrected chi connectivity index (χ0v) is 12.4. The molecule has 0 aliphatic heterocycles. The van der Waals surface area contributed by atoms with E-state index in [1.165, 1.54) is 23.3 Å². The van der Waals surface area contributed by atoms with Crippen LogP contribution in [0.5, 0.6) is 0 Å². The molecule has 0 saturated heterocycles. The standard InChI is InChI=1S/C16H16F3NS/c1-2-12-5-3-4-6-13(12)11-20-14-7-9-15(10-8-14)21-16(17,18)19/h3-10,20H,2,11H2,1H3. The van der Waals surface area contributed by atoms with Crippen LogP contribution in [0.3, 0.4) is 0 Å². The molecule has 0 aliphatic carbocycles. The summed E-state index contributed by atoms with van der Waals surface area (Å²) in [4.78, 5) is 0.196. The highest BCUT2D eigenvalue weighted by atomic mass is 32.2.